The van der Waals surface area contributed by atoms with E-state index in [-0.39, 0.29) is 5.56 Å². The van der Waals surface area contributed by atoms with Crippen LogP contribution in [0.4, 0.5) is 5.95 Å². The van der Waals surface area contributed by atoms with Crippen LogP contribution < -0.4 is 15.2 Å². The van der Waals surface area contributed by atoms with Crippen molar-refractivity contribution in [1.29, 1.82) is 0 Å². The molecule has 0 saturated carbocycles. The highest BCUT2D eigenvalue weighted by Gasteiger charge is 2.22. The molecule has 1 saturated heterocycles. The summed E-state index contributed by atoms with van der Waals surface area (Å²) in [7, 11) is 1.63. The molecule has 6 heteroatoms. The van der Waals surface area contributed by atoms with Gasteiger partial charge in [0.05, 0.1) is 12.5 Å². The van der Waals surface area contributed by atoms with E-state index >= 15 is 0 Å². The van der Waals surface area contributed by atoms with Crippen LogP contribution in [-0.4, -0.2) is 34.6 Å². The predicted octanol–water partition coefficient (Wildman–Crippen LogP) is 3.37. The number of aromatic nitrogens is 3. The molecule has 0 amide bonds. The number of ether oxygens (including phenoxy) is 1. The molecule has 0 bridgehead atoms. The van der Waals surface area contributed by atoms with Crippen LogP contribution in [0.5, 0.6) is 5.75 Å². The highest BCUT2D eigenvalue weighted by atomic mass is 16.5. The van der Waals surface area contributed by atoms with Gasteiger partial charge < -0.3 is 9.64 Å². The Hall–Kier alpha value is -2.89. The Balaban J connectivity index is 1.82. The second kappa shape index (κ2) is 6.78. The lowest BCUT2D eigenvalue weighted by Crippen LogP contribution is -2.39. The molecule has 2 aromatic heterocycles. The fourth-order valence-corrected chi connectivity index (χ4v) is 3.61. The van der Waals surface area contributed by atoms with Crippen molar-refractivity contribution < 1.29 is 4.74 Å². The number of pyridine rings is 1. The number of nitrogens with one attached hydrogen (secondary N) is 1. The molecular formula is C20H22N4O2. The van der Waals surface area contributed by atoms with Crippen LogP contribution in [0.2, 0.25) is 0 Å². The third-order valence-corrected chi connectivity index (χ3v) is 5.07. The van der Waals surface area contributed by atoms with Crippen LogP contribution in [0.15, 0.2) is 41.3 Å². The van der Waals surface area contributed by atoms with E-state index in [2.05, 4.69) is 26.8 Å². The molecule has 1 N–H and O–H groups in total. The molecule has 0 radical (unpaired) electrons. The molecular weight excluding hydrogens is 328 g/mol. The molecule has 134 valence electrons. The van der Waals surface area contributed by atoms with E-state index in [0.29, 0.717) is 23.0 Å². The lowest BCUT2D eigenvalue weighted by molar-refractivity contribution is 0.415. The van der Waals surface area contributed by atoms with E-state index in [9.17, 15) is 4.79 Å². The molecule has 1 unspecified atom stereocenters. The number of piperidine rings is 1. The third kappa shape index (κ3) is 2.92. The largest absolute Gasteiger partial charge is 0.497 e. The molecule has 1 fully saturated rings. The first-order chi connectivity index (χ1) is 12.7. The summed E-state index contributed by atoms with van der Waals surface area (Å²) in [4.78, 5) is 27.1. The van der Waals surface area contributed by atoms with Crippen molar-refractivity contribution in [3.8, 4) is 16.9 Å². The van der Waals surface area contributed by atoms with Gasteiger partial charge in [-0.25, -0.2) is 4.98 Å². The fraction of sp³-hybridized carbons (Fsp3) is 0.350. The van der Waals surface area contributed by atoms with E-state index in [1.54, 1.807) is 13.3 Å². The van der Waals surface area contributed by atoms with Crippen LogP contribution in [-0.2, 0) is 0 Å². The fourth-order valence-electron chi connectivity index (χ4n) is 3.61. The molecule has 1 aliphatic rings. The number of rotatable bonds is 3. The van der Waals surface area contributed by atoms with Gasteiger partial charge in [-0.1, -0.05) is 12.1 Å². The quantitative estimate of drug-likeness (QED) is 0.784. The Morgan fingerprint density at radius 2 is 2.00 bits per heavy atom. The molecule has 0 spiro atoms. The van der Waals surface area contributed by atoms with Gasteiger partial charge in [0, 0.05) is 18.8 Å². The molecule has 0 aliphatic carbocycles. The first kappa shape index (κ1) is 16.6. The third-order valence-electron chi connectivity index (χ3n) is 5.07. The number of H-pyrrole nitrogens is 1. The number of benzene rings is 1. The van der Waals surface area contributed by atoms with E-state index in [4.69, 9.17) is 4.74 Å². The molecule has 3 aromatic rings. The highest BCUT2D eigenvalue weighted by Crippen LogP contribution is 2.27. The summed E-state index contributed by atoms with van der Waals surface area (Å²) in [6.45, 7) is 3.08. The summed E-state index contributed by atoms with van der Waals surface area (Å²) in [6, 6.07) is 9.86. The van der Waals surface area contributed by atoms with Gasteiger partial charge in [-0.3, -0.25) is 9.78 Å². The van der Waals surface area contributed by atoms with Crippen LogP contribution in [0.1, 0.15) is 26.2 Å². The second-order valence-corrected chi connectivity index (χ2v) is 6.71. The summed E-state index contributed by atoms with van der Waals surface area (Å²) in [5.74, 6) is 1.40. The number of aromatic amines is 1. The van der Waals surface area contributed by atoms with Gasteiger partial charge in [-0.05, 0) is 55.5 Å². The lowest BCUT2D eigenvalue weighted by atomic mass is 10.0. The summed E-state index contributed by atoms with van der Waals surface area (Å²) in [6.07, 6.45) is 5.15. The van der Waals surface area contributed by atoms with Gasteiger partial charge in [-0.15, -0.1) is 0 Å². The minimum Gasteiger partial charge on any atom is -0.497 e. The smallest absolute Gasteiger partial charge is 0.262 e. The van der Waals surface area contributed by atoms with E-state index < -0.39 is 0 Å². The van der Waals surface area contributed by atoms with E-state index in [1.807, 2.05) is 30.3 Å². The Kier molecular flexibility index (Phi) is 4.32. The molecule has 26 heavy (non-hydrogen) atoms. The number of hydrogen-bond donors (Lipinski definition) is 1. The first-order valence-electron chi connectivity index (χ1n) is 8.97. The maximum absolute atomic E-state index is 12.9. The van der Waals surface area contributed by atoms with Gasteiger partial charge >= 0.3 is 0 Å². The SMILES string of the molecule is COc1ccc(-c2ccnc3nc(N4CCCCC4C)[nH]c(=O)c23)cc1. The summed E-state index contributed by atoms with van der Waals surface area (Å²) >= 11 is 0. The van der Waals surface area contributed by atoms with Gasteiger partial charge in [0.1, 0.15) is 5.75 Å². The van der Waals surface area contributed by atoms with Gasteiger partial charge in [0.2, 0.25) is 5.95 Å². The van der Waals surface area contributed by atoms with E-state index in [0.717, 1.165) is 36.3 Å². The van der Waals surface area contributed by atoms with Crippen molar-refractivity contribution in [1.82, 2.24) is 15.0 Å². The topological polar surface area (TPSA) is 71.1 Å². The Labute approximate surface area is 151 Å². The molecule has 6 nitrogen and oxygen atoms in total. The number of nitrogens with zero attached hydrogens (tertiary/aromatic N) is 3. The van der Waals surface area contributed by atoms with E-state index in [1.165, 1.54) is 6.42 Å². The molecule has 3 heterocycles. The Bertz CT molecular complexity index is 981. The number of hydrogen-bond acceptors (Lipinski definition) is 5. The van der Waals surface area contributed by atoms with Crippen molar-refractivity contribution in [2.75, 3.05) is 18.6 Å². The van der Waals surface area contributed by atoms with Crippen molar-refractivity contribution in [3.05, 3.63) is 46.9 Å². The zero-order chi connectivity index (χ0) is 18.1. The molecule has 1 aromatic carbocycles. The maximum atomic E-state index is 12.9. The normalized spacial score (nSPS) is 17.5. The maximum Gasteiger partial charge on any atom is 0.262 e. The van der Waals surface area contributed by atoms with Gasteiger partial charge in [0.15, 0.2) is 5.65 Å². The minimum atomic E-state index is -0.151. The van der Waals surface area contributed by atoms with Gasteiger partial charge in [-0.2, -0.15) is 4.98 Å². The number of methoxy groups -OCH3 is 1. The van der Waals surface area contributed by atoms with Crippen molar-refractivity contribution in [2.45, 2.75) is 32.2 Å². The lowest BCUT2D eigenvalue weighted by Gasteiger charge is -2.33. The zero-order valence-corrected chi connectivity index (χ0v) is 15.0. The molecule has 4 rings (SSSR count). The van der Waals surface area contributed by atoms with Crippen molar-refractivity contribution in [3.63, 3.8) is 0 Å². The van der Waals surface area contributed by atoms with Crippen LogP contribution in [0.25, 0.3) is 22.2 Å². The summed E-state index contributed by atoms with van der Waals surface area (Å²) < 4.78 is 5.21. The average Bonchev–Trinajstić information content (AvgIpc) is 2.68. The standard InChI is InChI=1S/C20H22N4O2/c1-13-5-3-4-12-24(13)20-22-18-17(19(25)23-20)16(10-11-21-18)14-6-8-15(26-2)9-7-14/h6-11,13H,3-5,12H2,1-2H3,(H,21,22,23,25). The van der Waals surface area contributed by atoms with Crippen LogP contribution in [0.3, 0.4) is 0 Å². The summed E-state index contributed by atoms with van der Waals surface area (Å²) in [5, 5.41) is 0.520. The molecule has 1 aliphatic heterocycles. The summed E-state index contributed by atoms with van der Waals surface area (Å²) in [5.41, 5.74) is 2.09. The highest BCUT2D eigenvalue weighted by molar-refractivity contribution is 5.92. The predicted molar refractivity (Wildman–Crippen MR) is 103 cm³/mol. The van der Waals surface area contributed by atoms with Crippen LogP contribution in [0, 0.1) is 0 Å². The number of fused-ring (bicyclic) bond motifs is 1. The average molecular weight is 350 g/mol. The van der Waals surface area contributed by atoms with Crippen molar-refractivity contribution >= 4 is 17.0 Å². The first-order valence-corrected chi connectivity index (χ1v) is 8.97. The second-order valence-electron chi connectivity index (χ2n) is 6.71. The van der Waals surface area contributed by atoms with Gasteiger partial charge in [0.25, 0.3) is 5.56 Å². The Morgan fingerprint density at radius 1 is 1.19 bits per heavy atom. The number of anilines is 1. The van der Waals surface area contributed by atoms with Crippen LogP contribution >= 0.6 is 0 Å². The zero-order valence-electron chi connectivity index (χ0n) is 15.0. The monoisotopic (exact) mass is 350 g/mol. The Morgan fingerprint density at radius 3 is 2.73 bits per heavy atom. The minimum absolute atomic E-state index is 0.151. The van der Waals surface area contributed by atoms with Crippen molar-refractivity contribution in [2.24, 2.45) is 0 Å². The molecule has 1 atom stereocenters.